The van der Waals surface area contributed by atoms with Gasteiger partial charge in [0, 0.05) is 47.2 Å². The van der Waals surface area contributed by atoms with Gasteiger partial charge >= 0.3 is 0 Å². The van der Waals surface area contributed by atoms with E-state index >= 15 is 0 Å². The largest absolute Gasteiger partial charge is 0.397 e. The van der Waals surface area contributed by atoms with Crippen LogP contribution in [0.15, 0.2) is 126 Å². The zero-order valence-corrected chi connectivity index (χ0v) is 33.5. The molecule has 0 aromatic heterocycles. The minimum atomic E-state index is -0.105. The number of nitrogens with zero attached hydrogens (tertiary/aromatic N) is 3. The second kappa shape index (κ2) is 16.3. The number of anilines is 2. The highest BCUT2D eigenvalue weighted by atomic mass is 15.4. The molecular weight excluding hydrogens is 647 g/mol. The smallest absolute Gasteiger partial charge is 0.0632 e. The summed E-state index contributed by atoms with van der Waals surface area (Å²) in [5.74, 6) is 7.13. The number of hydrogen-bond acceptors (Lipinski definition) is 5. The fourth-order valence-corrected chi connectivity index (χ4v) is 8.91. The van der Waals surface area contributed by atoms with E-state index in [1.54, 1.807) is 5.01 Å². The molecule has 3 aromatic rings. The molecule has 1 aliphatic carbocycles. The van der Waals surface area contributed by atoms with Crippen molar-refractivity contribution in [3.05, 3.63) is 148 Å². The van der Waals surface area contributed by atoms with Crippen molar-refractivity contribution < 1.29 is 0 Å². The Kier molecular flexibility index (Phi) is 11.7. The first-order valence-corrected chi connectivity index (χ1v) is 20.2. The standard InChI is InChI=1S/C48H63N5/c1-8-11-17-35-24-26-36(27-25-35)41(49)34-53(50)46-37(28-30-44-47(4,5)39-20-12-14-22-42(39)51(44)32-9-2)18-16-19-38(46)29-31-45-48(6,7)40-21-13-15-23-43(40)52(45)33-10-3/h12-15,20-31,34,44H,8-11,16-19,32-33,49-50H2,1-7H3/b30-28+,38-29+,41-34-,45-31+. The van der Waals surface area contributed by atoms with Crippen LogP contribution in [0.2, 0.25) is 0 Å². The van der Waals surface area contributed by atoms with Gasteiger partial charge in [0.25, 0.3) is 0 Å². The lowest BCUT2D eigenvalue weighted by Crippen LogP contribution is -2.40. The van der Waals surface area contributed by atoms with Crippen LogP contribution in [-0.2, 0) is 17.3 Å². The van der Waals surface area contributed by atoms with Crippen LogP contribution in [-0.4, -0.2) is 24.1 Å². The highest BCUT2D eigenvalue weighted by molar-refractivity contribution is 5.71. The van der Waals surface area contributed by atoms with Crippen molar-refractivity contribution in [2.45, 2.75) is 117 Å². The highest BCUT2D eigenvalue weighted by Gasteiger charge is 2.43. The van der Waals surface area contributed by atoms with E-state index in [9.17, 15) is 0 Å². The third-order valence-corrected chi connectivity index (χ3v) is 11.8. The Morgan fingerprint density at radius 2 is 1.49 bits per heavy atom. The Labute approximate surface area is 320 Å². The van der Waals surface area contributed by atoms with Crippen molar-refractivity contribution in [2.24, 2.45) is 11.6 Å². The lowest BCUT2D eigenvalue weighted by Gasteiger charge is -2.33. The average molecular weight is 710 g/mol. The van der Waals surface area contributed by atoms with Crippen LogP contribution >= 0.6 is 0 Å². The van der Waals surface area contributed by atoms with Crippen molar-refractivity contribution in [1.29, 1.82) is 0 Å². The number of allylic oxidation sites excluding steroid dienone is 6. The number of aryl methyl sites for hydroxylation is 1. The van der Waals surface area contributed by atoms with Crippen LogP contribution < -0.4 is 21.4 Å². The summed E-state index contributed by atoms with van der Waals surface area (Å²) in [5.41, 5.74) is 20.0. The summed E-state index contributed by atoms with van der Waals surface area (Å²) in [6.45, 7) is 18.3. The molecule has 0 bridgehead atoms. The summed E-state index contributed by atoms with van der Waals surface area (Å²) in [5, 5.41) is 1.81. The van der Waals surface area contributed by atoms with Crippen molar-refractivity contribution in [3.8, 4) is 0 Å². The molecule has 2 heterocycles. The molecule has 3 aromatic carbocycles. The second-order valence-corrected chi connectivity index (χ2v) is 16.3. The van der Waals surface area contributed by atoms with Gasteiger partial charge in [-0.05, 0) is 96.6 Å². The Balaban J connectivity index is 1.42. The number of unbranched alkanes of at least 4 members (excludes halogenated alkanes) is 1. The molecule has 4 N–H and O–H groups in total. The van der Waals surface area contributed by atoms with Gasteiger partial charge in [-0.2, -0.15) is 0 Å². The van der Waals surface area contributed by atoms with Crippen molar-refractivity contribution in [1.82, 2.24) is 5.01 Å². The SMILES string of the molecule is CCCCc1ccc(/C(N)=C/N(N)C2=C(/C=C/C3N(CCC)c4ccccc4C3(C)C)CCC/C2=C\C=C2\N(CCC)c3ccccc3C2(C)C)cc1. The molecule has 5 nitrogen and oxygen atoms in total. The fraction of sp³-hybridized carbons (Fsp3) is 0.417. The first kappa shape index (κ1) is 38.3. The molecule has 0 spiro atoms. The number of rotatable bonds is 13. The highest BCUT2D eigenvalue weighted by Crippen LogP contribution is 2.48. The molecule has 3 aliphatic rings. The van der Waals surface area contributed by atoms with Crippen LogP contribution in [0.5, 0.6) is 0 Å². The van der Waals surface area contributed by atoms with Crippen LogP contribution in [0.1, 0.15) is 116 Å². The van der Waals surface area contributed by atoms with E-state index in [0.717, 1.165) is 62.9 Å². The molecule has 0 saturated carbocycles. The van der Waals surface area contributed by atoms with Gasteiger partial charge in [-0.1, -0.05) is 134 Å². The maximum atomic E-state index is 7.13. The van der Waals surface area contributed by atoms with E-state index in [0.29, 0.717) is 5.70 Å². The van der Waals surface area contributed by atoms with E-state index in [2.05, 4.69) is 155 Å². The van der Waals surface area contributed by atoms with Gasteiger partial charge in [-0.15, -0.1) is 0 Å². The first-order valence-electron chi connectivity index (χ1n) is 20.2. The number of benzene rings is 3. The third kappa shape index (κ3) is 7.64. The van der Waals surface area contributed by atoms with Gasteiger partial charge in [-0.3, -0.25) is 5.01 Å². The third-order valence-electron chi connectivity index (χ3n) is 11.8. The van der Waals surface area contributed by atoms with Crippen LogP contribution in [0.25, 0.3) is 5.70 Å². The monoisotopic (exact) mass is 710 g/mol. The van der Waals surface area contributed by atoms with Gasteiger partial charge in [0.1, 0.15) is 0 Å². The average Bonchev–Trinajstić information content (AvgIpc) is 3.50. The Morgan fingerprint density at radius 1 is 0.811 bits per heavy atom. The van der Waals surface area contributed by atoms with E-state index in [1.165, 1.54) is 57.8 Å². The first-order chi connectivity index (χ1) is 25.5. The molecular formula is C48H63N5. The topological polar surface area (TPSA) is 61.8 Å². The molecule has 53 heavy (non-hydrogen) atoms. The Morgan fingerprint density at radius 3 is 2.19 bits per heavy atom. The molecule has 280 valence electrons. The summed E-state index contributed by atoms with van der Waals surface area (Å²) in [4.78, 5) is 5.12. The lowest BCUT2D eigenvalue weighted by atomic mass is 9.80. The quantitative estimate of drug-likeness (QED) is 0.137. The Hall–Kier alpha value is -4.48. The molecule has 0 radical (unpaired) electrons. The van der Waals surface area contributed by atoms with E-state index in [1.807, 2.05) is 6.20 Å². The van der Waals surface area contributed by atoms with E-state index < -0.39 is 0 Å². The fourth-order valence-electron chi connectivity index (χ4n) is 8.91. The summed E-state index contributed by atoms with van der Waals surface area (Å²) in [6, 6.07) is 26.7. The molecule has 1 atom stereocenters. The van der Waals surface area contributed by atoms with Gasteiger partial charge in [0.2, 0.25) is 0 Å². The molecule has 0 fully saturated rings. The van der Waals surface area contributed by atoms with Crippen molar-refractivity contribution in [3.63, 3.8) is 0 Å². The number of hydrogen-bond donors (Lipinski definition) is 2. The second-order valence-electron chi connectivity index (χ2n) is 16.3. The van der Waals surface area contributed by atoms with E-state index in [4.69, 9.17) is 11.6 Å². The van der Waals surface area contributed by atoms with E-state index in [-0.39, 0.29) is 16.9 Å². The number of nitrogens with two attached hydrogens (primary N) is 2. The molecule has 2 aliphatic heterocycles. The molecule has 6 rings (SSSR count). The maximum Gasteiger partial charge on any atom is 0.0632 e. The summed E-state index contributed by atoms with van der Waals surface area (Å²) in [7, 11) is 0. The molecule has 1 unspecified atom stereocenters. The van der Waals surface area contributed by atoms with Gasteiger partial charge in [-0.25, -0.2) is 5.84 Å². The van der Waals surface area contributed by atoms with Gasteiger partial charge in [0.15, 0.2) is 0 Å². The molecule has 0 saturated heterocycles. The van der Waals surface area contributed by atoms with Crippen molar-refractivity contribution >= 4 is 17.1 Å². The molecule has 5 heteroatoms. The minimum Gasteiger partial charge on any atom is -0.397 e. The van der Waals surface area contributed by atoms with Crippen LogP contribution in [0.3, 0.4) is 0 Å². The van der Waals surface area contributed by atoms with Crippen LogP contribution in [0, 0.1) is 0 Å². The number of fused-ring (bicyclic) bond motifs is 2. The van der Waals surface area contributed by atoms with Gasteiger partial charge in [0.05, 0.1) is 17.4 Å². The summed E-state index contributed by atoms with van der Waals surface area (Å²) >= 11 is 0. The summed E-state index contributed by atoms with van der Waals surface area (Å²) in [6.07, 6.45) is 20.1. The predicted molar refractivity (Wildman–Crippen MR) is 227 cm³/mol. The van der Waals surface area contributed by atoms with Crippen LogP contribution in [0.4, 0.5) is 11.4 Å². The normalized spacial score (nSPS) is 20.9. The van der Waals surface area contributed by atoms with Gasteiger partial charge < -0.3 is 15.5 Å². The summed E-state index contributed by atoms with van der Waals surface area (Å²) < 4.78 is 0. The minimum absolute atomic E-state index is 0.0252. The number of para-hydroxylation sites is 2. The molecule has 0 amide bonds. The zero-order valence-electron chi connectivity index (χ0n) is 33.5. The lowest BCUT2D eigenvalue weighted by molar-refractivity contribution is 0.470. The Bertz CT molecular complexity index is 1900. The zero-order chi connectivity index (χ0) is 37.8. The number of hydrazine groups is 1. The van der Waals surface area contributed by atoms with Crippen molar-refractivity contribution in [2.75, 3.05) is 22.9 Å². The predicted octanol–water partition coefficient (Wildman–Crippen LogP) is 11.1. The maximum absolute atomic E-state index is 7.13.